The third-order valence-electron chi connectivity index (χ3n) is 4.83. The van der Waals surface area contributed by atoms with E-state index in [9.17, 15) is 31.1 Å². The standard InChI is InChI=1S/C24H17F6N3O2/c25-23(26,27)17-8-4-15(5-9-17)19(16-6-10-18(11-7-16)24(28,29)30)2-1-3-22(34)32-20-12-13-31-14-21(20)33-35/h1-13,35H,14H2,(H,32,34). The molecule has 0 saturated carbocycles. The number of nitrogens with zero attached hydrogens (tertiary/aromatic N) is 2. The van der Waals surface area contributed by atoms with Crippen LogP contribution in [0, 0.1) is 0 Å². The van der Waals surface area contributed by atoms with Gasteiger partial charge in [0.05, 0.1) is 23.4 Å². The molecule has 182 valence electrons. The number of halogens is 6. The van der Waals surface area contributed by atoms with Gasteiger partial charge in [0.15, 0.2) is 0 Å². The molecule has 2 aromatic rings. The lowest BCUT2D eigenvalue weighted by molar-refractivity contribution is -0.138. The number of dihydropyridines is 1. The number of nitrogens with one attached hydrogen (secondary N) is 1. The third kappa shape index (κ3) is 6.69. The Bertz CT molecular complexity index is 1160. The van der Waals surface area contributed by atoms with Crippen molar-refractivity contribution in [3.05, 3.63) is 101 Å². The summed E-state index contributed by atoms with van der Waals surface area (Å²) in [6.07, 6.45) is -2.46. The molecule has 1 aliphatic heterocycles. The van der Waals surface area contributed by atoms with Gasteiger partial charge in [-0.15, -0.1) is 0 Å². The van der Waals surface area contributed by atoms with Crippen molar-refractivity contribution in [1.29, 1.82) is 0 Å². The van der Waals surface area contributed by atoms with Gasteiger partial charge in [-0.05, 0) is 47.0 Å². The summed E-state index contributed by atoms with van der Waals surface area (Å²) in [4.78, 5) is 16.1. The molecule has 1 heterocycles. The number of amides is 1. The average Bonchev–Trinajstić information content (AvgIpc) is 2.81. The van der Waals surface area contributed by atoms with Crippen molar-refractivity contribution in [3.8, 4) is 0 Å². The average molecular weight is 493 g/mol. The number of aliphatic imine (C=N–C) groups is 1. The van der Waals surface area contributed by atoms with E-state index in [0.29, 0.717) is 11.1 Å². The fourth-order valence-corrected chi connectivity index (χ4v) is 3.09. The van der Waals surface area contributed by atoms with Gasteiger partial charge >= 0.3 is 12.4 Å². The van der Waals surface area contributed by atoms with Crippen molar-refractivity contribution in [2.24, 2.45) is 10.1 Å². The van der Waals surface area contributed by atoms with Gasteiger partial charge in [0.1, 0.15) is 5.71 Å². The van der Waals surface area contributed by atoms with Gasteiger partial charge in [0, 0.05) is 12.3 Å². The Balaban J connectivity index is 1.91. The first-order chi connectivity index (χ1) is 16.5. The zero-order chi connectivity index (χ0) is 25.6. The second kappa shape index (κ2) is 10.4. The maximum atomic E-state index is 12.9. The minimum Gasteiger partial charge on any atom is -0.411 e. The zero-order valence-corrected chi connectivity index (χ0v) is 17.7. The Hall–Kier alpha value is -4.15. The molecule has 0 unspecified atom stereocenters. The van der Waals surface area contributed by atoms with Crippen molar-refractivity contribution < 1.29 is 36.3 Å². The minimum atomic E-state index is -4.55. The molecule has 1 aliphatic rings. The van der Waals surface area contributed by atoms with Crippen LogP contribution in [0.15, 0.2) is 88.7 Å². The summed E-state index contributed by atoms with van der Waals surface area (Å²) in [5.41, 5.74) is -0.514. The van der Waals surface area contributed by atoms with E-state index < -0.39 is 29.4 Å². The number of rotatable bonds is 5. The van der Waals surface area contributed by atoms with Crippen molar-refractivity contribution in [2.75, 3.05) is 6.54 Å². The zero-order valence-electron chi connectivity index (χ0n) is 17.7. The summed E-state index contributed by atoms with van der Waals surface area (Å²) < 4.78 is 77.5. The third-order valence-corrected chi connectivity index (χ3v) is 4.83. The lowest BCUT2D eigenvalue weighted by Crippen LogP contribution is -2.28. The SMILES string of the molecule is O=C(C=CC=C(c1ccc(C(F)(F)F)cc1)c1ccc(C(F)(F)F)cc1)NC1=CC=NCC1=NO. The van der Waals surface area contributed by atoms with E-state index in [1.54, 1.807) is 0 Å². The summed E-state index contributed by atoms with van der Waals surface area (Å²) in [6.45, 7) is 0.0677. The first kappa shape index (κ1) is 25.5. The van der Waals surface area contributed by atoms with E-state index >= 15 is 0 Å². The fourth-order valence-electron chi connectivity index (χ4n) is 3.09. The normalized spacial score (nSPS) is 15.3. The van der Waals surface area contributed by atoms with Crippen LogP contribution >= 0.6 is 0 Å². The number of benzene rings is 2. The smallest absolute Gasteiger partial charge is 0.411 e. The summed E-state index contributed by atoms with van der Waals surface area (Å²) in [7, 11) is 0. The lowest BCUT2D eigenvalue weighted by Gasteiger charge is -2.12. The number of allylic oxidation sites excluding steroid dienone is 3. The second-order valence-corrected chi connectivity index (χ2v) is 7.20. The molecule has 0 bridgehead atoms. The van der Waals surface area contributed by atoms with Gasteiger partial charge in [-0.2, -0.15) is 26.3 Å². The van der Waals surface area contributed by atoms with Gasteiger partial charge in [-0.3, -0.25) is 9.79 Å². The van der Waals surface area contributed by atoms with Gasteiger partial charge < -0.3 is 10.5 Å². The van der Waals surface area contributed by atoms with Gasteiger partial charge in [-0.1, -0.05) is 41.6 Å². The van der Waals surface area contributed by atoms with Crippen LogP contribution in [0.4, 0.5) is 26.3 Å². The number of oxime groups is 1. The molecule has 0 atom stereocenters. The van der Waals surface area contributed by atoms with Gasteiger partial charge in [0.2, 0.25) is 5.91 Å². The van der Waals surface area contributed by atoms with Crippen LogP contribution in [0.5, 0.6) is 0 Å². The lowest BCUT2D eigenvalue weighted by atomic mass is 9.95. The van der Waals surface area contributed by atoms with Crippen molar-refractivity contribution in [2.45, 2.75) is 12.4 Å². The summed E-state index contributed by atoms with van der Waals surface area (Å²) in [6, 6.07) is 8.19. The number of alkyl halides is 6. The molecule has 2 aromatic carbocycles. The minimum absolute atomic E-state index is 0.0677. The molecule has 0 spiro atoms. The summed E-state index contributed by atoms with van der Waals surface area (Å²) in [5, 5.41) is 14.5. The van der Waals surface area contributed by atoms with E-state index in [-0.39, 0.29) is 23.5 Å². The van der Waals surface area contributed by atoms with E-state index in [0.717, 1.165) is 30.3 Å². The number of carbonyl (C=O) groups is 1. The van der Waals surface area contributed by atoms with Crippen molar-refractivity contribution in [1.82, 2.24) is 5.32 Å². The maximum absolute atomic E-state index is 12.9. The van der Waals surface area contributed by atoms with Crippen LogP contribution in [0.25, 0.3) is 5.57 Å². The predicted molar refractivity (Wildman–Crippen MR) is 118 cm³/mol. The number of hydrogen-bond acceptors (Lipinski definition) is 4. The fraction of sp³-hybridized carbons (Fsp3) is 0.125. The molecule has 0 fully saturated rings. The van der Waals surface area contributed by atoms with Crippen LogP contribution in [0.2, 0.25) is 0 Å². The highest BCUT2D eigenvalue weighted by atomic mass is 19.4. The topological polar surface area (TPSA) is 74.0 Å². The van der Waals surface area contributed by atoms with E-state index in [1.165, 1.54) is 48.7 Å². The molecule has 0 aliphatic carbocycles. The largest absolute Gasteiger partial charge is 0.416 e. The second-order valence-electron chi connectivity index (χ2n) is 7.20. The molecule has 3 rings (SSSR count). The predicted octanol–water partition coefficient (Wildman–Crippen LogP) is 5.63. The molecule has 0 saturated heterocycles. The Kier molecular flexibility index (Phi) is 7.58. The highest BCUT2D eigenvalue weighted by molar-refractivity contribution is 6.09. The molecule has 0 radical (unpaired) electrons. The Morgan fingerprint density at radius 2 is 1.43 bits per heavy atom. The molecule has 2 N–H and O–H groups in total. The Labute approximate surface area is 195 Å². The van der Waals surface area contributed by atoms with E-state index in [4.69, 9.17) is 5.21 Å². The Morgan fingerprint density at radius 3 is 1.89 bits per heavy atom. The molecular formula is C24H17F6N3O2. The van der Waals surface area contributed by atoms with Gasteiger partial charge in [-0.25, -0.2) is 0 Å². The summed E-state index contributed by atoms with van der Waals surface area (Å²) >= 11 is 0. The van der Waals surface area contributed by atoms with Crippen LogP contribution in [-0.4, -0.2) is 29.6 Å². The highest BCUT2D eigenvalue weighted by Gasteiger charge is 2.31. The molecule has 0 aromatic heterocycles. The van der Waals surface area contributed by atoms with Crippen LogP contribution < -0.4 is 5.32 Å². The number of hydrogen-bond donors (Lipinski definition) is 2. The molecule has 11 heteroatoms. The van der Waals surface area contributed by atoms with Crippen molar-refractivity contribution in [3.63, 3.8) is 0 Å². The first-order valence-corrected chi connectivity index (χ1v) is 9.95. The quantitative estimate of drug-likeness (QED) is 0.186. The van der Waals surface area contributed by atoms with E-state index in [1.807, 2.05) is 0 Å². The Morgan fingerprint density at radius 1 is 0.914 bits per heavy atom. The summed E-state index contributed by atoms with van der Waals surface area (Å²) in [5.74, 6) is -0.608. The number of carbonyl (C=O) groups excluding carboxylic acids is 1. The molecule has 35 heavy (non-hydrogen) atoms. The monoisotopic (exact) mass is 493 g/mol. The highest BCUT2D eigenvalue weighted by Crippen LogP contribution is 2.33. The van der Waals surface area contributed by atoms with Crippen LogP contribution in [0.3, 0.4) is 0 Å². The first-order valence-electron chi connectivity index (χ1n) is 9.95. The molecule has 5 nitrogen and oxygen atoms in total. The van der Waals surface area contributed by atoms with Crippen LogP contribution in [0.1, 0.15) is 22.3 Å². The van der Waals surface area contributed by atoms with E-state index in [2.05, 4.69) is 15.5 Å². The van der Waals surface area contributed by atoms with Crippen LogP contribution in [-0.2, 0) is 17.1 Å². The molecular weight excluding hydrogens is 476 g/mol. The van der Waals surface area contributed by atoms with Crippen molar-refractivity contribution >= 4 is 23.4 Å². The molecule has 1 amide bonds. The van der Waals surface area contributed by atoms with Gasteiger partial charge in [0.25, 0.3) is 0 Å². The maximum Gasteiger partial charge on any atom is 0.416 e.